The van der Waals surface area contributed by atoms with Gasteiger partial charge in [0.05, 0.1) is 0 Å². The average Bonchev–Trinajstić information content (AvgIpc) is 2.24. The first-order valence-electron chi connectivity index (χ1n) is 6.42. The molecule has 0 aliphatic heterocycles. The van der Waals surface area contributed by atoms with Crippen molar-refractivity contribution in [3.05, 3.63) is 35.7 Å². The van der Waals surface area contributed by atoms with Gasteiger partial charge in [0.2, 0.25) is 0 Å². The predicted octanol–water partition coefficient (Wildman–Crippen LogP) is 4.00. The van der Waals surface area contributed by atoms with Crippen molar-refractivity contribution in [3.63, 3.8) is 0 Å². The van der Waals surface area contributed by atoms with Crippen LogP contribution in [0.25, 0.3) is 0 Å². The first-order chi connectivity index (χ1) is 7.56. The molecule has 1 radical (unpaired) electrons. The second-order valence-electron chi connectivity index (χ2n) is 4.48. The second kappa shape index (κ2) is 9.06. The van der Waals surface area contributed by atoms with Crippen LogP contribution in [0.4, 0.5) is 0 Å². The molecule has 0 aliphatic rings. The number of aryl methyl sites for hydroxylation is 3. The molecular weight excluding hydrogens is 204 g/mol. The lowest BCUT2D eigenvalue weighted by Gasteiger charge is -2.09. The van der Waals surface area contributed by atoms with E-state index in [0.29, 0.717) is 0 Å². The third-order valence-corrected chi connectivity index (χ3v) is 4.81. The van der Waals surface area contributed by atoms with Gasteiger partial charge in [-0.15, -0.1) is 4.55 Å². The van der Waals surface area contributed by atoms with E-state index in [0.717, 1.165) is 6.42 Å². The van der Waals surface area contributed by atoms with Crippen LogP contribution >= 0.6 is 0 Å². The Balaban J connectivity index is 0.000000487. The zero-order valence-corrected chi connectivity index (χ0v) is 13.1. The van der Waals surface area contributed by atoms with Crippen LogP contribution in [0, 0.1) is 27.7 Å². The van der Waals surface area contributed by atoms with E-state index < -0.39 is 0 Å². The summed E-state index contributed by atoms with van der Waals surface area (Å²) >= 11 is 0.0251. The van der Waals surface area contributed by atoms with Gasteiger partial charge in [-0.2, -0.15) is 3.69 Å². The number of hydrogen-bond donors (Lipinski definition) is 0. The van der Waals surface area contributed by atoms with Gasteiger partial charge in [-0.25, -0.2) is 0 Å². The van der Waals surface area contributed by atoms with Crippen molar-refractivity contribution >= 4 is 24.1 Å². The van der Waals surface area contributed by atoms with Crippen LogP contribution in [-0.2, 0) is 0 Å². The first kappa shape index (κ1) is 16.0. The normalized spacial score (nSPS) is 9.12. The Labute approximate surface area is 112 Å². The minimum Gasteiger partial charge on any atom is -0.168 e. The fourth-order valence-electron chi connectivity index (χ4n) is 1.85. The molecule has 1 aromatic rings. The SMILES string of the molecule is C[CH2][Mg][c]1c(C)cc(C)cc1C.[CH2]CCC. The Kier molecular flexibility index (Phi) is 9.05. The Morgan fingerprint density at radius 1 is 1.06 bits per heavy atom. The van der Waals surface area contributed by atoms with E-state index in [1.54, 1.807) is 3.69 Å². The van der Waals surface area contributed by atoms with E-state index in [-0.39, 0.29) is 20.4 Å². The number of unbranched alkanes of at least 4 members (excludes halogenated alkanes) is 1. The Bertz CT molecular complexity index is 277. The highest BCUT2D eigenvalue weighted by Gasteiger charge is 2.03. The number of rotatable bonds is 3. The summed E-state index contributed by atoms with van der Waals surface area (Å²) in [5.74, 6) is 0. The van der Waals surface area contributed by atoms with Crippen molar-refractivity contribution in [1.29, 1.82) is 0 Å². The monoisotopic (exact) mass is 229 g/mol. The van der Waals surface area contributed by atoms with Gasteiger partial charge >= 0.3 is 20.4 Å². The molecule has 0 unspecified atom stereocenters. The van der Waals surface area contributed by atoms with Gasteiger partial charge in [0.15, 0.2) is 0 Å². The highest BCUT2D eigenvalue weighted by atomic mass is 24.5. The fraction of sp³-hybridized carbons (Fsp3) is 0.533. The number of hydrogen-bond acceptors (Lipinski definition) is 0. The van der Waals surface area contributed by atoms with Gasteiger partial charge in [0.25, 0.3) is 0 Å². The Morgan fingerprint density at radius 3 is 1.81 bits per heavy atom. The summed E-state index contributed by atoms with van der Waals surface area (Å²) in [6.45, 7) is 14.7. The van der Waals surface area contributed by atoms with E-state index in [4.69, 9.17) is 0 Å². The van der Waals surface area contributed by atoms with Gasteiger partial charge in [0.1, 0.15) is 0 Å². The minimum atomic E-state index is 0.0251. The van der Waals surface area contributed by atoms with Crippen molar-refractivity contribution in [2.45, 2.75) is 52.0 Å². The minimum absolute atomic E-state index is 0.0251. The highest BCUT2D eigenvalue weighted by molar-refractivity contribution is 6.54. The molecule has 1 aromatic carbocycles. The zero-order valence-electron chi connectivity index (χ0n) is 11.7. The number of benzene rings is 1. The maximum Gasteiger partial charge on any atom is 0.409 e. The van der Waals surface area contributed by atoms with Crippen LogP contribution in [0.3, 0.4) is 0 Å². The molecule has 1 rings (SSSR count). The van der Waals surface area contributed by atoms with E-state index in [9.17, 15) is 0 Å². The molecule has 0 fully saturated rings. The van der Waals surface area contributed by atoms with Gasteiger partial charge in [-0.05, 0) is 20.8 Å². The maximum absolute atomic E-state index is 3.60. The van der Waals surface area contributed by atoms with Crippen LogP contribution in [-0.4, -0.2) is 20.4 Å². The lowest BCUT2D eigenvalue weighted by molar-refractivity contribution is 0.956. The summed E-state index contributed by atoms with van der Waals surface area (Å²) in [5.41, 5.74) is 4.43. The van der Waals surface area contributed by atoms with Gasteiger partial charge in [-0.1, -0.05) is 62.4 Å². The van der Waals surface area contributed by atoms with Gasteiger partial charge < -0.3 is 0 Å². The third-order valence-electron chi connectivity index (χ3n) is 2.69. The van der Waals surface area contributed by atoms with Crippen molar-refractivity contribution in [2.75, 3.05) is 0 Å². The molecule has 0 saturated carbocycles. The van der Waals surface area contributed by atoms with E-state index >= 15 is 0 Å². The molecule has 0 aromatic heterocycles. The molecule has 0 heterocycles. The molecule has 0 N–H and O–H groups in total. The topological polar surface area (TPSA) is 0 Å². The molecular formula is C15H25Mg. The lowest BCUT2D eigenvalue weighted by atomic mass is 10.1. The van der Waals surface area contributed by atoms with Crippen LogP contribution < -0.4 is 3.69 Å². The van der Waals surface area contributed by atoms with Crippen molar-refractivity contribution in [3.8, 4) is 0 Å². The smallest absolute Gasteiger partial charge is 0.168 e. The van der Waals surface area contributed by atoms with Crippen LogP contribution in [0.5, 0.6) is 0 Å². The largest absolute Gasteiger partial charge is 0.409 e. The van der Waals surface area contributed by atoms with Crippen LogP contribution in [0.1, 0.15) is 43.4 Å². The predicted molar refractivity (Wildman–Crippen MR) is 76.8 cm³/mol. The van der Waals surface area contributed by atoms with Crippen molar-refractivity contribution < 1.29 is 0 Å². The van der Waals surface area contributed by atoms with Gasteiger partial charge in [-0.3, -0.25) is 0 Å². The average molecular weight is 230 g/mol. The summed E-state index contributed by atoms with van der Waals surface area (Å²) in [5, 5.41) is 0. The zero-order chi connectivity index (χ0) is 12.6. The molecule has 0 aliphatic carbocycles. The summed E-state index contributed by atoms with van der Waals surface area (Å²) in [4.78, 5) is 0. The van der Waals surface area contributed by atoms with Crippen molar-refractivity contribution in [1.82, 2.24) is 0 Å². The summed E-state index contributed by atoms with van der Waals surface area (Å²) in [6, 6.07) is 4.62. The lowest BCUT2D eigenvalue weighted by Crippen LogP contribution is -2.20. The summed E-state index contributed by atoms with van der Waals surface area (Å²) in [7, 11) is 0. The molecule has 0 amide bonds. The van der Waals surface area contributed by atoms with Crippen molar-refractivity contribution in [2.24, 2.45) is 0 Å². The third kappa shape index (κ3) is 5.90. The van der Waals surface area contributed by atoms with Gasteiger partial charge in [0, 0.05) is 0 Å². The Hall–Kier alpha value is -0.0138. The molecule has 0 saturated heterocycles. The fourth-order valence-corrected chi connectivity index (χ4v) is 3.35. The molecule has 0 atom stereocenters. The quantitative estimate of drug-likeness (QED) is 0.688. The molecule has 87 valence electrons. The summed E-state index contributed by atoms with van der Waals surface area (Å²) in [6.07, 6.45) is 2.28. The van der Waals surface area contributed by atoms with E-state index in [2.05, 4.69) is 53.7 Å². The first-order valence-corrected chi connectivity index (χ1v) is 8.13. The summed E-state index contributed by atoms with van der Waals surface area (Å²) < 4.78 is 3.06. The maximum atomic E-state index is 3.60. The van der Waals surface area contributed by atoms with Crippen LogP contribution in [0.2, 0.25) is 4.55 Å². The van der Waals surface area contributed by atoms with E-state index in [1.165, 1.54) is 27.7 Å². The van der Waals surface area contributed by atoms with Crippen LogP contribution in [0.15, 0.2) is 12.1 Å². The highest BCUT2D eigenvalue weighted by Crippen LogP contribution is 2.05. The standard InChI is InChI=1S/C9H11.C4H9.C2H5.Mg/c1-7-4-8(2)6-9(3)5-7;1-3-4-2;1-2;/h4-5H,1-3H3;1,3-4H2,2H3;1H2,2H3;. The Morgan fingerprint density at radius 2 is 1.50 bits per heavy atom. The molecule has 0 nitrogen and oxygen atoms in total. The van der Waals surface area contributed by atoms with E-state index in [1.807, 2.05) is 0 Å². The molecule has 16 heavy (non-hydrogen) atoms. The molecule has 1 heteroatoms. The molecule has 0 spiro atoms. The second-order valence-corrected chi connectivity index (χ2v) is 6.69. The molecule has 0 bridgehead atoms.